The molecule has 0 spiro atoms. The van der Waals surface area contributed by atoms with E-state index in [1.165, 1.54) is 4.90 Å². The van der Waals surface area contributed by atoms with E-state index in [9.17, 15) is 0 Å². The number of nitrogens with zero attached hydrogens (tertiary/aromatic N) is 1. The van der Waals surface area contributed by atoms with Crippen LogP contribution in [-0.4, -0.2) is 11.0 Å². The van der Waals surface area contributed by atoms with E-state index in [0.717, 1.165) is 23.4 Å². The van der Waals surface area contributed by atoms with Gasteiger partial charge in [-0.3, -0.25) is 4.99 Å². The number of hydrogen-bond acceptors (Lipinski definition) is 2. The van der Waals surface area contributed by atoms with E-state index in [2.05, 4.69) is 25.1 Å². The van der Waals surface area contributed by atoms with E-state index in [1.54, 1.807) is 0 Å². The second kappa shape index (κ2) is 5.80. The van der Waals surface area contributed by atoms with Crippen molar-refractivity contribution in [2.24, 2.45) is 4.99 Å². The Kier molecular flexibility index (Phi) is 4.06. The summed E-state index contributed by atoms with van der Waals surface area (Å²) in [6.45, 7) is 2.22. The van der Waals surface area contributed by atoms with Gasteiger partial charge in [-0.05, 0) is 29.8 Å². The molecule has 1 heterocycles. The van der Waals surface area contributed by atoms with E-state index in [-0.39, 0.29) is 0 Å². The molecule has 0 radical (unpaired) electrons. The highest BCUT2D eigenvalue weighted by molar-refractivity contribution is 8.00. The van der Waals surface area contributed by atoms with Crippen LogP contribution >= 0.6 is 35.0 Å². The van der Waals surface area contributed by atoms with E-state index >= 15 is 0 Å². The maximum Gasteiger partial charge on any atom is 0.0769 e. The summed E-state index contributed by atoms with van der Waals surface area (Å²) in [5.74, 6) is 0. The van der Waals surface area contributed by atoms with Crippen LogP contribution in [-0.2, 0) is 0 Å². The van der Waals surface area contributed by atoms with Gasteiger partial charge >= 0.3 is 0 Å². The maximum atomic E-state index is 6.12. The zero-order valence-electron chi connectivity index (χ0n) is 10.9. The molecular weight excluding hydrogens is 309 g/mol. The average Bonchev–Trinajstić information content (AvgIpc) is 2.59. The van der Waals surface area contributed by atoms with Gasteiger partial charge in [-0.1, -0.05) is 48.3 Å². The zero-order chi connectivity index (χ0) is 14.1. The molecule has 2 aromatic carbocycles. The molecule has 0 amide bonds. The summed E-state index contributed by atoms with van der Waals surface area (Å²) in [5, 5.41) is 1.63. The predicted octanol–water partition coefficient (Wildman–Crippen LogP) is 6.00. The minimum Gasteiger partial charge on any atom is -0.252 e. The Balaban J connectivity index is 2.08. The molecule has 1 aliphatic rings. The van der Waals surface area contributed by atoms with Gasteiger partial charge in [-0.15, -0.1) is 11.8 Å². The molecule has 0 saturated heterocycles. The Morgan fingerprint density at radius 2 is 1.90 bits per heavy atom. The number of fused-ring (bicyclic) bond motifs is 1. The summed E-state index contributed by atoms with van der Waals surface area (Å²) < 4.78 is 0. The van der Waals surface area contributed by atoms with Gasteiger partial charge in [0.15, 0.2) is 0 Å². The lowest BCUT2D eigenvalue weighted by Gasteiger charge is -2.10. The molecule has 0 aromatic heterocycles. The Hall–Kier alpha value is -0.960. The van der Waals surface area contributed by atoms with Gasteiger partial charge in [-0.25, -0.2) is 0 Å². The molecule has 1 aliphatic heterocycles. The predicted molar refractivity (Wildman–Crippen MR) is 89.0 cm³/mol. The smallest absolute Gasteiger partial charge is 0.0769 e. The second-order valence-corrected chi connectivity index (χ2v) is 7.08. The number of para-hydroxylation sites is 1. The summed E-state index contributed by atoms with van der Waals surface area (Å²) in [6, 6.07) is 14.0. The van der Waals surface area contributed by atoms with Crippen molar-refractivity contribution >= 4 is 46.4 Å². The lowest BCUT2D eigenvalue weighted by atomic mass is 10.1. The van der Waals surface area contributed by atoms with Crippen molar-refractivity contribution in [1.29, 1.82) is 0 Å². The van der Waals surface area contributed by atoms with Crippen LogP contribution in [0.2, 0.25) is 10.0 Å². The van der Waals surface area contributed by atoms with Crippen molar-refractivity contribution in [2.45, 2.75) is 23.5 Å². The number of benzene rings is 2. The Morgan fingerprint density at radius 3 is 2.70 bits per heavy atom. The first-order valence-electron chi connectivity index (χ1n) is 6.42. The Bertz CT molecular complexity index is 682. The van der Waals surface area contributed by atoms with Gasteiger partial charge < -0.3 is 0 Å². The molecule has 102 valence electrons. The number of aliphatic imine (C=N–C) groups is 1. The number of hydrogen-bond donors (Lipinski definition) is 0. The summed E-state index contributed by atoms with van der Waals surface area (Å²) >= 11 is 14.0. The van der Waals surface area contributed by atoms with Crippen molar-refractivity contribution in [3.8, 4) is 0 Å². The van der Waals surface area contributed by atoms with Gasteiger partial charge in [0.2, 0.25) is 0 Å². The van der Waals surface area contributed by atoms with Crippen LogP contribution in [0.4, 0.5) is 5.69 Å². The first kappa shape index (κ1) is 14.0. The molecule has 0 saturated carbocycles. The summed E-state index contributed by atoms with van der Waals surface area (Å²) in [4.78, 5) is 6.06. The molecule has 4 heteroatoms. The van der Waals surface area contributed by atoms with Crippen LogP contribution in [0, 0.1) is 0 Å². The highest BCUT2D eigenvalue weighted by Crippen LogP contribution is 2.38. The first-order valence-corrected chi connectivity index (χ1v) is 8.06. The van der Waals surface area contributed by atoms with Crippen molar-refractivity contribution in [3.63, 3.8) is 0 Å². The van der Waals surface area contributed by atoms with Crippen LogP contribution in [0.15, 0.2) is 52.4 Å². The molecule has 1 atom stereocenters. The van der Waals surface area contributed by atoms with Crippen molar-refractivity contribution in [2.75, 3.05) is 0 Å². The summed E-state index contributed by atoms with van der Waals surface area (Å²) in [7, 11) is 0. The third kappa shape index (κ3) is 2.88. The third-order valence-electron chi connectivity index (χ3n) is 3.18. The average molecular weight is 322 g/mol. The van der Waals surface area contributed by atoms with E-state index in [1.807, 2.05) is 36.0 Å². The van der Waals surface area contributed by atoms with Gasteiger partial charge in [0, 0.05) is 22.3 Å². The first-order chi connectivity index (χ1) is 9.63. The van der Waals surface area contributed by atoms with Crippen molar-refractivity contribution in [1.82, 2.24) is 0 Å². The van der Waals surface area contributed by atoms with Gasteiger partial charge in [0.25, 0.3) is 0 Å². The van der Waals surface area contributed by atoms with Crippen LogP contribution in [0.1, 0.15) is 18.9 Å². The third-order valence-corrected chi connectivity index (χ3v) is 5.09. The van der Waals surface area contributed by atoms with E-state index in [0.29, 0.717) is 15.3 Å². The normalized spacial score (nSPS) is 18.1. The fourth-order valence-electron chi connectivity index (χ4n) is 2.23. The fourth-order valence-corrected chi connectivity index (χ4v) is 3.59. The maximum absolute atomic E-state index is 6.12. The topological polar surface area (TPSA) is 12.4 Å². The molecule has 20 heavy (non-hydrogen) atoms. The second-order valence-electron chi connectivity index (χ2n) is 4.79. The summed E-state index contributed by atoms with van der Waals surface area (Å²) in [5.41, 5.74) is 3.14. The monoisotopic (exact) mass is 321 g/mol. The molecule has 3 rings (SSSR count). The standard InChI is InChI=1S/C16H13Cl2NS/c1-10-8-15(11-6-7-12(17)13(18)9-11)19-14-4-2-3-5-16(14)20-10/h2-7,9-10H,8H2,1H3. The SMILES string of the molecule is CC1CC(c2ccc(Cl)c(Cl)c2)=Nc2ccccc2S1. The van der Waals surface area contributed by atoms with Crippen LogP contribution in [0.3, 0.4) is 0 Å². The zero-order valence-corrected chi connectivity index (χ0v) is 13.3. The van der Waals surface area contributed by atoms with E-state index in [4.69, 9.17) is 28.2 Å². The molecule has 1 unspecified atom stereocenters. The molecule has 0 N–H and O–H groups in total. The lowest BCUT2D eigenvalue weighted by Crippen LogP contribution is -2.07. The van der Waals surface area contributed by atoms with Crippen molar-refractivity contribution < 1.29 is 0 Å². The van der Waals surface area contributed by atoms with Crippen LogP contribution in [0.25, 0.3) is 0 Å². The molecule has 1 nitrogen and oxygen atoms in total. The fraction of sp³-hybridized carbons (Fsp3) is 0.188. The Labute approximate surface area is 133 Å². The molecule has 0 bridgehead atoms. The lowest BCUT2D eigenvalue weighted by molar-refractivity contribution is 1.02. The highest BCUT2D eigenvalue weighted by Gasteiger charge is 2.17. The number of halogens is 2. The molecule has 0 aliphatic carbocycles. The molecular formula is C16H13Cl2NS. The minimum absolute atomic E-state index is 0.479. The van der Waals surface area contributed by atoms with E-state index < -0.39 is 0 Å². The van der Waals surface area contributed by atoms with Gasteiger partial charge in [-0.2, -0.15) is 0 Å². The molecule has 0 fully saturated rings. The number of rotatable bonds is 1. The van der Waals surface area contributed by atoms with Gasteiger partial charge in [0.1, 0.15) is 0 Å². The quantitative estimate of drug-likeness (QED) is 0.627. The van der Waals surface area contributed by atoms with Crippen LogP contribution < -0.4 is 0 Å². The minimum atomic E-state index is 0.479. The van der Waals surface area contributed by atoms with Crippen molar-refractivity contribution in [3.05, 3.63) is 58.1 Å². The summed E-state index contributed by atoms with van der Waals surface area (Å²) in [6.07, 6.45) is 0.914. The molecule has 2 aromatic rings. The Morgan fingerprint density at radius 1 is 1.10 bits per heavy atom. The van der Waals surface area contributed by atoms with Crippen LogP contribution in [0.5, 0.6) is 0 Å². The largest absolute Gasteiger partial charge is 0.252 e. The van der Waals surface area contributed by atoms with Gasteiger partial charge in [0.05, 0.1) is 15.7 Å². The highest BCUT2D eigenvalue weighted by atomic mass is 35.5. The number of thioether (sulfide) groups is 1.